The zero-order chi connectivity index (χ0) is 72.4. The van der Waals surface area contributed by atoms with E-state index in [2.05, 4.69) is 0 Å². The van der Waals surface area contributed by atoms with Crippen molar-refractivity contribution in [3.8, 4) is 0 Å². The summed E-state index contributed by atoms with van der Waals surface area (Å²) in [7, 11) is 0. The van der Waals surface area contributed by atoms with E-state index in [1.54, 1.807) is 0 Å². The van der Waals surface area contributed by atoms with Gasteiger partial charge in [0, 0.05) is 13.2 Å². The lowest BCUT2D eigenvalue weighted by Crippen LogP contribution is -2.68. The molecule has 106 heavy (non-hydrogen) atoms. The Labute approximate surface area is 624 Å². The number of aliphatic hydroxyl groups is 2. The van der Waals surface area contributed by atoms with Crippen molar-refractivity contribution in [2.24, 2.45) is 0 Å². The summed E-state index contributed by atoms with van der Waals surface area (Å²) in [5.74, 6) is 0. The van der Waals surface area contributed by atoms with Crippen LogP contribution in [0.25, 0.3) is 0 Å². The first-order valence-corrected chi connectivity index (χ1v) is 37.4. The largest absolute Gasteiger partial charge is 0.396 e. The van der Waals surface area contributed by atoms with Crippen molar-refractivity contribution in [2.75, 3.05) is 33.0 Å². The van der Waals surface area contributed by atoms with Crippen LogP contribution in [-0.4, -0.2) is 135 Å². The normalized spacial score (nSPS) is 24.6. The van der Waals surface area contributed by atoms with Gasteiger partial charge in [0.05, 0.1) is 79.3 Å². The summed E-state index contributed by atoms with van der Waals surface area (Å²) in [6.07, 6.45) is -10.9. The van der Waals surface area contributed by atoms with E-state index >= 15 is 0 Å². The van der Waals surface area contributed by atoms with E-state index in [0.29, 0.717) is 6.61 Å². The zero-order valence-electron chi connectivity index (χ0n) is 60.3. The molecule has 3 fully saturated rings. The van der Waals surface area contributed by atoms with Crippen LogP contribution in [-0.2, 0) is 131 Å². The second kappa shape index (κ2) is 43.3. The van der Waals surface area contributed by atoms with Crippen LogP contribution in [0, 0.1) is 0 Å². The molecule has 3 aliphatic heterocycles. The predicted molar refractivity (Wildman–Crippen MR) is 401 cm³/mol. The molecule has 0 aromatic heterocycles. The molecule has 15 atom stereocenters. The van der Waals surface area contributed by atoms with Gasteiger partial charge >= 0.3 is 0 Å². The van der Waals surface area contributed by atoms with Crippen LogP contribution in [0.5, 0.6) is 0 Å². The molecule has 560 valence electrons. The van der Waals surface area contributed by atoms with Crippen molar-refractivity contribution >= 4 is 0 Å². The summed E-state index contributed by atoms with van der Waals surface area (Å²) in [4.78, 5) is 0. The minimum atomic E-state index is -1.51. The molecular formula is C89H102O17. The van der Waals surface area contributed by atoms with E-state index in [9.17, 15) is 10.2 Å². The number of aliphatic hydroxyl groups excluding tert-OH is 2. The molecule has 17 heteroatoms. The number of hydrogen-bond donors (Lipinski definition) is 2. The highest BCUT2D eigenvalue weighted by atomic mass is 16.8. The number of ether oxygens (including phenoxy) is 15. The lowest BCUT2D eigenvalue weighted by Gasteiger charge is -2.51. The van der Waals surface area contributed by atoms with E-state index < -0.39 is 92.1 Å². The molecule has 3 heterocycles. The second-order valence-electron chi connectivity index (χ2n) is 27.1. The molecule has 3 aliphatic rings. The van der Waals surface area contributed by atoms with Gasteiger partial charge in [0.2, 0.25) is 0 Å². The van der Waals surface area contributed by atoms with Crippen LogP contribution < -0.4 is 0 Å². The topological polar surface area (TPSA) is 179 Å². The van der Waals surface area contributed by atoms with Crippen molar-refractivity contribution in [1.82, 2.24) is 0 Å². The molecule has 17 nitrogen and oxygen atoms in total. The summed E-state index contributed by atoms with van der Waals surface area (Å²) >= 11 is 0. The third kappa shape index (κ3) is 24.2. The van der Waals surface area contributed by atoms with Crippen LogP contribution >= 0.6 is 0 Å². The fraction of sp³-hybridized carbons (Fsp3) is 0.393. The maximum absolute atomic E-state index is 13.4. The Morgan fingerprint density at radius 3 is 0.868 bits per heavy atom. The van der Waals surface area contributed by atoms with E-state index in [0.717, 1.165) is 88.6 Å². The van der Waals surface area contributed by atoms with Crippen molar-refractivity contribution in [3.05, 3.63) is 323 Å². The highest BCUT2D eigenvalue weighted by Crippen LogP contribution is 2.40. The molecule has 1 unspecified atom stereocenters. The van der Waals surface area contributed by atoms with Gasteiger partial charge in [-0.2, -0.15) is 0 Å². The summed E-state index contributed by atoms with van der Waals surface area (Å²) in [6.45, 7) is 2.12. The molecule has 2 N–H and O–H groups in total. The highest BCUT2D eigenvalue weighted by Gasteiger charge is 2.57. The van der Waals surface area contributed by atoms with Crippen molar-refractivity contribution in [3.63, 3.8) is 0 Å². The Morgan fingerprint density at radius 1 is 0.236 bits per heavy atom. The van der Waals surface area contributed by atoms with Gasteiger partial charge in [-0.15, -0.1) is 0 Å². The summed E-state index contributed by atoms with van der Waals surface area (Å²) in [6, 6.07) is 89.3. The van der Waals surface area contributed by atoms with E-state index in [1.807, 2.05) is 273 Å². The van der Waals surface area contributed by atoms with Gasteiger partial charge in [0.1, 0.15) is 73.2 Å². The van der Waals surface area contributed by atoms with E-state index in [1.165, 1.54) is 0 Å². The van der Waals surface area contributed by atoms with Crippen LogP contribution in [0.4, 0.5) is 0 Å². The van der Waals surface area contributed by atoms with Crippen LogP contribution in [0.1, 0.15) is 88.6 Å². The predicted octanol–water partition coefficient (Wildman–Crippen LogP) is 14.8. The van der Waals surface area contributed by atoms with Crippen molar-refractivity contribution in [1.29, 1.82) is 0 Å². The Morgan fingerprint density at radius 2 is 0.500 bits per heavy atom. The molecule has 9 aromatic carbocycles. The SMILES string of the molecule is OCCCCCCCCOC1O[C@H](COCc2ccccc2)[C@@H](O[C@@H]2O[C@H](COCc3ccccc3)[C@H](OCc3ccccc3)[C@H](O[C@H]3O[C@H](COCc4ccccc4)[C@@H](OCc4ccccc4)[C@H](OCc4ccccc4)[C@@H]3O)[C@H]2OCc2ccccc2)[C@H](OCc2ccccc2)[C@H]1OCc1ccccc1. The first-order valence-electron chi connectivity index (χ1n) is 37.4. The molecule has 0 amide bonds. The van der Waals surface area contributed by atoms with Crippen molar-refractivity contribution in [2.45, 2.75) is 190 Å². The highest BCUT2D eigenvalue weighted by molar-refractivity contribution is 5.21. The standard InChI is InChI=1S/C89H102O17/c90-52-32-3-1-2-4-33-53-95-88-85(100-61-73-48-28-12-29-49-73)83(99-60-72-46-26-11-27-47-72)81(77(103-88)65-94-56-68-38-18-7-19-39-68)105-89-86(101-62-74-50-30-13-31-51-74)84(80(97-58-70-42-22-9-23-43-70)76(104-89)64-93-55-67-36-16-6-17-37-67)106-87-78(91)82(98-59-71-44-24-10-25-45-71)79(96-57-69-40-20-8-21-41-69)75(102-87)63-92-54-66-34-14-5-15-35-66/h5-31,34-51,75-91H,1-4,32-33,52-65H2/t75-,76-,77-,78+,79-,80+,81-,82-,83+,84+,85-,86-,87-,88?,89+/m1/s1. The smallest absolute Gasteiger partial charge is 0.187 e. The van der Waals surface area contributed by atoms with Gasteiger partial charge in [-0.3, -0.25) is 0 Å². The Bertz CT molecular complexity index is 3770. The number of unbranched alkanes of at least 4 members (excludes halogenated alkanes) is 5. The summed E-state index contributed by atoms with van der Waals surface area (Å²) in [5.41, 5.74) is 8.26. The van der Waals surface area contributed by atoms with Gasteiger partial charge < -0.3 is 81.3 Å². The van der Waals surface area contributed by atoms with Gasteiger partial charge in [-0.05, 0) is 62.9 Å². The van der Waals surface area contributed by atoms with Gasteiger partial charge in [-0.25, -0.2) is 0 Å². The molecule has 9 aromatic rings. The molecule has 3 saturated heterocycles. The van der Waals surface area contributed by atoms with Gasteiger partial charge in [0.15, 0.2) is 18.9 Å². The summed E-state index contributed by atoms with van der Waals surface area (Å²) < 4.78 is 108. The zero-order valence-corrected chi connectivity index (χ0v) is 60.3. The number of hydrogen-bond acceptors (Lipinski definition) is 17. The maximum Gasteiger partial charge on any atom is 0.187 e. The van der Waals surface area contributed by atoms with Gasteiger partial charge in [-0.1, -0.05) is 299 Å². The fourth-order valence-electron chi connectivity index (χ4n) is 13.5. The fourth-order valence-corrected chi connectivity index (χ4v) is 13.5. The molecule has 0 spiro atoms. The van der Waals surface area contributed by atoms with Crippen molar-refractivity contribution < 1.29 is 81.3 Å². The minimum Gasteiger partial charge on any atom is -0.396 e. The Balaban J connectivity index is 0.966. The molecule has 0 saturated carbocycles. The molecule has 0 aliphatic carbocycles. The maximum atomic E-state index is 13.4. The van der Waals surface area contributed by atoms with Crippen LogP contribution in [0.15, 0.2) is 273 Å². The third-order valence-electron chi connectivity index (χ3n) is 19.1. The first-order chi connectivity index (χ1) is 52.5. The lowest BCUT2D eigenvalue weighted by molar-refractivity contribution is -0.394. The average Bonchev–Trinajstić information content (AvgIpc) is 0.763. The Kier molecular flexibility index (Phi) is 31.8. The molecule has 0 bridgehead atoms. The van der Waals surface area contributed by atoms with E-state index in [4.69, 9.17) is 71.1 Å². The molecular weight excluding hydrogens is 1340 g/mol. The monoisotopic (exact) mass is 1440 g/mol. The minimum absolute atomic E-state index is 0.0171. The van der Waals surface area contributed by atoms with E-state index in [-0.39, 0.29) is 85.9 Å². The van der Waals surface area contributed by atoms with Crippen LogP contribution in [0.2, 0.25) is 0 Å². The first kappa shape index (κ1) is 77.9. The quantitative estimate of drug-likeness (QED) is 0.0344. The molecule has 0 radical (unpaired) electrons. The average molecular weight is 1440 g/mol. The Hall–Kier alpha value is -7.70. The lowest BCUT2D eigenvalue weighted by atomic mass is 9.95. The number of benzene rings is 9. The molecule has 12 rings (SSSR count). The van der Waals surface area contributed by atoms with Crippen LogP contribution in [0.3, 0.4) is 0 Å². The van der Waals surface area contributed by atoms with Gasteiger partial charge in [0.25, 0.3) is 0 Å². The second-order valence-corrected chi connectivity index (χ2v) is 27.1. The summed E-state index contributed by atoms with van der Waals surface area (Å²) in [5, 5.41) is 22.9. The number of rotatable bonds is 43. The third-order valence-corrected chi connectivity index (χ3v) is 19.1.